The molecule has 0 saturated heterocycles. The first-order chi connectivity index (χ1) is 9.18. The second kappa shape index (κ2) is 7.83. The van der Waals surface area contributed by atoms with Crippen molar-refractivity contribution in [3.8, 4) is 21.6 Å². The topological polar surface area (TPSA) is 0 Å². The molecule has 19 heavy (non-hydrogen) atoms. The van der Waals surface area contributed by atoms with Crippen LogP contribution in [-0.2, 0) is 0 Å². The summed E-state index contributed by atoms with van der Waals surface area (Å²) >= 11 is 20.2. The number of rotatable bonds is 2. The van der Waals surface area contributed by atoms with Crippen LogP contribution in [0.15, 0.2) is 45.1 Å². The quantitative estimate of drug-likeness (QED) is 0.344. The van der Waals surface area contributed by atoms with Crippen LogP contribution in [0, 0.1) is 0 Å². The lowest BCUT2D eigenvalue weighted by Crippen LogP contribution is -1.72. The number of halogens is 3. The fraction of sp³-hybridized carbons (Fsp3) is 0. The zero-order chi connectivity index (χ0) is 13.7. The lowest BCUT2D eigenvalue weighted by Gasteiger charge is -1.98. The fourth-order valence-electron chi connectivity index (χ4n) is 1.57. The molecular weight excluding hydrogens is 375 g/mol. The molecule has 0 bridgehead atoms. The lowest BCUT2D eigenvalue weighted by molar-refractivity contribution is 1.80. The molecule has 3 rings (SSSR count). The highest BCUT2D eigenvalue weighted by Crippen LogP contribution is 2.38. The Labute approximate surface area is 139 Å². The predicted octanol–water partition coefficient (Wildman–Crippen LogP) is 6.63. The summed E-state index contributed by atoms with van der Waals surface area (Å²) in [5.41, 5.74) is 4.04. The third-order valence-electron chi connectivity index (χ3n) is 2.28. The van der Waals surface area contributed by atoms with Crippen molar-refractivity contribution >= 4 is 74.0 Å². The second-order valence-electron chi connectivity index (χ2n) is 3.43. The molecule has 0 aromatic carbocycles. The molecule has 3 aromatic heterocycles. The Balaban J connectivity index is 0.000000297. The van der Waals surface area contributed by atoms with Crippen LogP contribution in [0.4, 0.5) is 0 Å². The fourth-order valence-corrected chi connectivity index (χ4v) is 3.86. The minimum atomic E-state index is -1.72. The largest absolute Gasteiger partial charge is 0.326 e. The van der Waals surface area contributed by atoms with E-state index in [1.54, 1.807) is 22.7 Å². The zero-order valence-corrected chi connectivity index (χ0v) is 15.4. The summed E-state index contributed by atoms with van der Waals surface area (Å²) in [4.78, 5) is 1.38. The van der Waals surface area contributed by atoms with Crippen molar-refractivity contribution in [1.82, 2.24) is 0 Å². The van der Waals surface area contributed by atoms with Gasteiger partial charge >= 0.3 is 6.73 Å². The standard InChI is InChI=1S/C12H8S3.Cl3HSi/c1-4-13-7-9(1)11-3-6-15-12(11)10-2-5-14-8-10;1-4(2)3/h1-8H;4H. The first kappa shape index (κ1) is 15.6. The number of hydrogen-bond donors (Lipinski definition) is 0. The Hall–Kier alpha value is 0.187. The van der Waals surface area contributed by atoms with Crippen LogP contribution in [0.25, 0.3) is 21.6 Å². The van der Waals surface area contributed by atoms with Gasteiger partial charge in [0.2, 0.25) is 0 Å². The van der Waals surface area contributed by atoms with Crippen molar-refractivity contribution in [2.75, 3.05) is 0 Å². The molecule has 0 spiro atoms. The van der Waals surface area contributed by atoms with Gasteiger partial charge in [-0.15, -0.1) is 44.6 Å². The highest BCUT2D eigenvalue weighted by molar-refractivity contribution is 7.54. The molecule has 0 atom stereocenters. The maximum absolute atomic E-state index is 4.94. The van der Waals surface area contributed by atoms with Crippen molar-refractivity contribution in [1.29, 1.82) is 0 Å². The lowest BCUT2D eigenvalue weighted by atomic mass is 10.1. The maximum Gasteiger partial charge on any atom is 0.326 e. The van der Waals surface area contributed by atoms with Crippen molar-refractivity contribution < 1.29 is 0 Å². The number of hydrogen-bond acceptors (Lipinski definition) is 3. The minimum Gasteiger partial charge on any atom is -0.152 e. The van der Waals surface area contributed by atoms with Crippen LogP contribution in [0.3, 0.4) is 0 Å². The first-order valence-electron chi connectivity index (χ1n) is 5.23. The van der Waals surface area contributed by atoms with E-state index in [1.807, 2.05) is 11.3 Å². The van der Waals surface area contributed by atoms with Gasteiger partial charge in [0.25, 0.3) is 0 Å². The van der Waals surface area contributed by atoms with Gasteiger partial charge in [-0.25, -0.2) is 0 Å². The van der Waals surface area contributed by atoms with Crippen LogP contribution in [-0.4, -0.2) is 6.73 Å². The predicted molar refractivity (Wildman–Crippen MR) is 95.7 cm³/mol. The summed E-state index contributed by atoms with van der Waals surface area (Å²) in [5, 5.41) is 10.8. The average molecular weight is 384 g/mol. The van der Waals surface area contributed by atoms with Gasteiger partial charge in [0.15, 0.2) is 0 Å². The van der Waals surface area contributed by atoms with Crippen molar-refractivity contribution in [3.05, 3.63) is 45.1 Å². The third kappa shape index (κ3) is 4.60. The first-order valence-corrected chi connectivity index (χ1v) is 13.2. The van der Waals surface area contributed by atoms with Gasteiger partial charge in [0, 0.05) is 16.0 Å². The van der Waals surface area contributed by atoms with E-state index in [0.717, 1.165) is 0 Å². The maximum atomic E-state index is 4.94. The highest BCUT2D eigenvalue weighted by atomic mass is 35.8. The monoisotopic (exact) mass is 382 g/mol. The molecule has 0 saturated carbocycles. The Morgan fingerprint density at radius 3 is 1.89 bits per heavy atom. The molecule has 0 N–H and O–H groups in total. The van der Waals surface area contributed by atoms with E-state index in [-0.39, 0.29) is 0 Å². The molecule has 100 valence electrons. The Bertz CT molecular complexity index is 536. The minimum absolute atomic E-state index is 1.34. The van der Waals surface area contributed by atoms with Gasteiger partial charge in [-0.05, 0) is 50.7 Å². The van der Waals surface area contributed by atoms with Crippen molar-refractivity contribution in [3.63, 3.8) is 0 Å². The third-order valence-corrected chi connectivity index (χ3v) is 4.61. The van der Waals surface area contributed by atoms with E-state index in [0.29, 0.717) is 0 Å². The van der Waals surface area contributed by atoms with Gasteiger partial charge in [-0.2, -0.15) is 22.7 Å². The summed E-state index contributed by atoms with van der Waals surface area (Å²) in [6, 6.07) is 6.58. The normalized spacial score (nSPS) is 10.3. The van der Waals surface area contributed by atoms with Gasteiger partial charge in [0.05, 0.1) is 0 Å². The average Bonchev–Trinajstić information content (AvgIpc) is 3.11. The molecule has 0 unspecified atom stereocenters. The Morgan fingerprint density at radius 1 is 0.789 bits per heavy atom. The number of thiophene rings is 3. The van der Waals surface area contributed by atoms with Crippen molar-refractivity contribution in [2.24, 2.45) is 0 Å². The molecule has 3 heterocycles. The summed E-state index contributed by atoms with van der Waals surface area (Å²) in [6.45, 7) is -1.72. The summed E-state index contributed by atoms with van der Waals surface area (Å²) in [5.74, 6) is 0. The molecule has 0 aliphatic heterocycles. The van der Waals surface area contributed by atoms with Gasteiger partial charge in [-0.3, -0.25) is 0 Å². The van der Waals surface area contributed by atoms with Gasteiger partial charge in [0.1, 0.15) is 0 Å². The molecule has 3 aromatic rings. The zero-order valence-electron chi connectivity index (χ0n) is 9.55. The second-order valence-corrected chi connectivity index (χ2v) is 12.3. The molecule has 0 aliphatic carbocycles. The molecule has 0 radical (unpaired) electrons. The SMILES string of the molecule is Cl[SiH](Cl)Cl.c1cc(-c2ccsc2-c2ccsc2)cs1. The van der Waals surface area contributed by atoms with Crippen molar-refractivity contribution in [2.45, 2.75) is 0 Å². The molecular formula is C12H9Cl3S3Si. The molecule has 0 fully saturated rings. The summed E-state index contributed by atoms with van der Waals surface area (Å²) < 4.78 is 0. The van der Waals surface area contributed by atoms with E-state index in [9.17, 15) is 0 Å². The van der Waals surface area contributed by atoms with Crippen LogP contribution < -0.4 is 0 Å². The van der Waals surface area contributed by atoms with Crippen LogP contribution in [0.5, 0.6) is 0 Å². The van der Waals surface area contributed by atoms with Gasteiger partial charge < -0.3 is 0 Å². The Kier molecular flexibility index (Phi) is 6.42. The molecule has 0 amide bonds. The summed E-state index contributed by atoms with van der Waals surface area (Å²) in [7, 11) is 0. The molecule has 0 aliphatic rings. The Morgan fingerprint density at radius 2 is 1.37 bits per heavy atom. The highest BCUT2D eigenvalue weighted by Gasteiger charge is 2.09. The van der Waals surface area contributed by atoms with E-state index in [4.69, 9.17) is 33.2 Å². The van der Waals surface area contributed by atoms with E-state index in [2.05, 4.69) is 45.1 Å². The van der Waals surface area contributed by atoms with E-state index < -0.39 is 6.73 Å². The summed E-state index contributed by atoms with van der Waals surface area (Å²) in [6.07, 6.45) is 0. The van der Waals surface area contributed by atoms with Crippen LogP contribution in [0.1, 0.15) is 0 Å². The molecule has 0 nitrogen and oxygen atoms in total. The van der Waals surface area contributed by atoms with Crippen LogP contribution >= 0.6 is 67.2 Å². The smallest absolute Gasteiger partial charge is 0.152 e. The molecule has 7 heteroatoms. The van der Waals surface area contributed by atoms with E-state index >= 15 is 0 Å². The van der Waals surface area contributed by atoms with E-state index in [1.165, 1.54) is 21.6 Å². The van der Waals surface area contributed by atoms with Gasteiger partial charge in [-0.1, -0.05) is 0 Å². The van der Waals surface area contributed by atoms with Crippen LogP contribution in [0.2, 0.25) is 0 Å².